The van der Waals surface area contributed by atoms with Gasteiger partial charge in [0.05, 0.1) is 16.8 Å². The maximum absolute atomic E-state index is 11.3. The summed E-state index contributed by atoms with van der Waals surface area (Å²) in [4.78, 5) is 5.49. The van der Waals surface area contributed by atoms with E-state index in [9.17, 15) is 8.42 Å². The normalized spacial score (nSPS) is 11.8. The third-order valence-corrected chi connectivity index (χ3v) is 6.15. The zero-order valence-electron chi connectivity index (χ0n) is 14.5. The van der Waals surface area contributed by atoms with Crippen molar-refractivity contribution < 1.29 is 8.42 Å². The van der Waals surface area contributed by atoms with E-state index in [1.807, 2.05) is 30.5 Å². The first-order valence-electron chi connectivity index (χ1n) is 8.36. The van der Waals surface area contributed by atoms with Gasteiger partial charge in [-0.15, -0.1) is 5.10 Å². The Bertz CT molecular complexity index is 1200. The van der Waals surface area contributed by atoms with Gasteiger partial charge >= 0.3 is 0 Å². The van der Waals surface area contributed by atoms with Crippen molar-refractivity contribution in [1.82, 2.24) is 14.6 Å². The predicted molar refractivity (Wildman–Crippen MR) is 111 cm³/mol. The minimum absolute atomic E-state index is 0.112. The van der Waals surface area contributed by atoms with Gasteiger partial charge in [0, 0.05) is 17.1 Å². The fraction of sp³-hybridized carbons (Fsp3) is 0.111. The molecule has 4 aromatic rings. The van der Waals surface area contributed by atoms with Crippen molar-refractivity contribution >= 4 is 43.1 Å². The zero-order valence-corrected chi connectivity index (χ0v) is 16.9. The summed E-state index contributed by atoms with van der Waals surface area (Å²) in [7, 11) is -3.66. The van der Waals surface area contributed by atoms with Crippen LogP contribution in [0, 0.1) is 0 Å². The monoisotopic (exact) mass is 433 g/mol. The first kappa shape index (κ1) is 18.9. The molecule has 10 heteroatoms. The van der Waals surface area contributed by atoms with Crippen LogP contribution in [0.4, 0.5) is 5.13 Å². The topological polar surface area (TPSA) is 102 Å². The molecule has 0 bridgehead atoms. The van der Waals surface area contributed by atoms with Gasteiger partial charge in [-0.1, -0.05) is 47.2 Å². The number of fused-ring (bicyclic) bond motifs is 1. The molecular weight excluding hydrogens is 418 g/mol. The summed E-state index contributed by atoms with van der Waals surface area (Å²) in [5.74, 6) is 0. The Balaban J connectivity index is 1.40. The van der Waals surface area contributed by atoms with Crippen LogP contribution in [-0.4, -0.2) is 29.6 Å². The van der Waals surface area contributed by atoms with Gasteiger partial charge in [-0.05, 0) is 36.2 Å². The Hall–Kier alpha value is -2.46. The molecule has 0 aliphatic carbocycles. The molecule has 4 rings (SSSR count). The second-order valence-corrected chi connectivity index (χ2v) is 9.09. The van der Waals surface area contributed by atoms with E-state index in [0.717, 1.165) is 33.3 Å². The van der Waals surface area contributed by atoms with Crippen LogP contribution in [-0.2, 0) is 16.4 Å². The number of hydrogen-bond donors (Lipinski definition) is 2. The molecule has 7 nitrogen and oxygen atoms in total. The highest BCUT2D eigenvalue weighted by atomic mass is 35.5. The van der Waals surface area contributed by atoms with Gasteiger partial charge in [-0.3, -0.25) is 0 Å². The second-order valence-electron chi connectivity index (χ2n) is 6.14. The van der Waals surface area contributed by atoms with Crippen molar-refractivity contribution in [3.63, 3.8) is 0 Å². The van der Waals surface area contributed by atoms with E-state index >= 15 is 0 Å². The fourth-order valence-electron chi connectivity index (χ4n) is 2.72. The number of sulfonamides is 1. The molecule has 2 aromatic carbocycles. The predicted octanol–water partition coefficient (Wildman–Crippen LogP) is 3.41. The lowest BCUT2D eigenvalue weighted by Crippen LogP contribution is -2.12. The number of aromatic nitrogens is 3. The first-order valence-corrected chi connectivity index (χ1v) is 11.1. The van der Waals surface area contributed by atoms with Crippen LogP contribution in [0.15, 0.2) is 59.6 Å². The third kappa shape index (κ3) is 4.17. The maximum atomic E-state index is 11.3. The Morgan fingerprint density at radius 3 is 2.64 bits per heavy atom. The van der Waals surface area contributed by atoms with E-state index in [1.54, 1.807) is 16.6 Å². The Morgan fingerprint density at radius 1 is 1.18 bits per heavy atom. The summed E-state index contributed by atoms with van der Waals surface area (Å²) < 4.78 is 24.3. The van der Waals surface area contributed by atoms with Crippen LogP contribution in [0.1, 0.15) is 5.56 Å². The SMILES string of the molecule is NS(=O)(=O)c1ccc(CCNc2nn3cc(-c4cccc(Cl)c4)nc3s2)cc1. The lowest BCUT2D eigenvalue weighted by molar-refractivity contribution is 0.598. The molecule has 0 aliphatic rings. The molecule has 3 N–H and O–H groups in total. The molecule has 28 heavy (non-hydrogen) atoms. The Morgan fingerprint density at radius 2 is 1.96 bits per heavy atom. The number of primary sulfonamides is 1. The van der Waals surface area contributed by atoms with Crippen molar-refractivity contribution in [1.29, 1.82) is 0 Å². The van der Waals surface area contributed by atoms with E-state index in [0.29, 0.717) is 11.6 Å². The Labute approximate surface area is 170 Å². The van der Waals surface area contributed by atoms with Crippen molar-refractivity contribution in [3.8, 4) is 11.3 Å². The minimum atomic E-state index is -3.66. The summed E-state index contributed by atoms with van der Waals surface area (Å²) in [5, 5.41) is 14.3. The summed E-state index contributed by atoms with van der Waals surface area (Å²) >= 11 is 7.50. The minimum Gasteiger partial charge on any atom is -0.360 e. The molecule has 144 valence electrons. The van der Waals surface area contributed by atoms with E-state index < -0.39 is 10.0 Å². The van der Waals surface area contributed by atoms with Gasteiger partial charge in [0.25, 0.3) is 0 Å². The number of imidazole rings is 1. The molecule has 0 spiro atoms. The number of anilines is 1. The highest BCUT2D eigenvalue weighted by Crippen LogP contribution is 2.26. The number of rotatable bonds is 6. The summed E-state index contributed by atoms with van der Waals surface area (Å²) in [6.07, 6.45) is 2.59. The van der Waals surface area contributed by atoms with Crippen LogP contribution in [0.25, 0.3) is 16.2 Å². The third-order valence-electron chi connectivity index (χ3n) is 4.11. The first-order chi connectivity index (χ1) is 13.4. The molecule has 2 heterocycles. The van der Waals surface area contributed by atoms with Gasteiger partial charge in [-0.25, -0.2) is 23.1 Å². The lowest BCUT2D eigenvalue weighted by Gasteiger charge is -2.04. The molecule has 0 saturated heterocycles. The molecule has 0 aliphatic heterocycles. The molecule has 0 amide bonds. The molecular formula is C18H16ClN5O2S2. The van der Waals surface area contributed by atoms with E-state index in [4.69, 9.17) is 16.7 Å². The molecule has 0 saturated carbocycles. The fourth-order valence-corrected chi connectivity index (χ4v) is 4.23. The quantitative estimate of drug-likeness (QED) is 0.485. The smallest absolute Gasteiger partial charge is 0.238 e. The van der Waals surface area contributed by atoms with Crippen LogP contribution in [0.2, 0.25) is 5.02 Å². The number of nitrogens with two attached hydrogens (primary N) is 1. The van der Waals surface area contributed by atoms with E-state index in [-0.39, 0.29) is 4.90 Å². The number of nitrogens with one attached hydrogen (secondary N) is 1. The Kier molecular flexibility index (Phi) is 5.07. The number of nitrogens with zero attached hydrogens (tertiary/aromatic N) is 3. The van der Waals surface area contributed by atoms with Crippen LogP contribution in [0.5, 0.6) is 0 Å². The maximum Gasteiger partial charge on any atom is 0.238 e. The highest BCUT2D eigenvalue weighted by molar-refractivity contribution is 7.89. The van der Waals surface area contributed by atoms with E-state index in [2.05, 4.69) is 15.4 Å². The zero-order chi connectivity index (χ0) is 19.7. The van der Waals surface area contributed by atoms with Gasteiger partial charge in [0.15, 0.2) is 0 Å². The summed E-state index contributed by atoms with van der Waals surface area (Å²) in [5.41, 5.74) is 2.77. The second kappa shape index (κ2) is 7.51. The lowest BCUT2D eigenvalue weighted by atomic mass is 10.1. The number of benzene rings is 2. The summed E-state index contributed by atoms with van der Waals surface area (Å²) in [6, 6.07) is 14.1. The molecule has 0 unspecified atom stereocenters. The van der Waals surface area contributed by atoms with Gasteiger partial charge in [0.2, 0.25) is 20.1 Å². The van der Waals surface area contributed by atoms with Crippen LogP contribution >= 0.6 is 22.9 Å². The van der Waals surface area contributed by atoms with Crippen LogP contribution < -0.4 is 10.5 Å². The largest absolute Gasteiger partial charge is 0.360 e. The number of halogens is 1. The molecule has 0 fully saturated rings. The highest BCUT2D eigenvalue weighted by Gasteiger charge is 2.10. The van der Waals surface area contributed by atoms with Gasteiger partial charge < -0.3 is 5.32 Å². The average Bonchev–Trinajstić information content (AvgIpc) is 3.20. The number of hydrogen-bond acceptors (Lipinski definition) is 6. The summed E-state index contributed by atoms with van der Waals surface area (Å²) in [6.45, 7) is 0.659. The van der Waals surface area contributed by atoms with Crippen LogP contribution in [0.3, 0.4) is 0 Å². The van der Waals surface area contributed by atoms with Crippen molar-refractivity contribution in [3.05, 3.63) is 65.3 Å². The van der Waals surface area contributed by atoms with Crippen molar-refractivity contribution in [2.45, 2.75) is 11.3 Å². The van der Waals surface area contributed by atoms with Crippen molar-refractivity contribution in [2.24, 2.45) is 5.14 Å². The van der Waals surface area contributed by atoms with E-state index in [1.165, 1.54) is 23.5 Å². The molecule has 2 aromatic heterocycles. The van der Waals surface area contributed by atoms with Gasteiger partial charge in [0.1, 0.15) is 0 Å². The molecule has 0 radical (unpaired) electrons. The van der Waals surface area contributed by atoms with Crippen molar-refractivity contribution in [2.75, 3.05) is 11.9 Å². The van der Waals surface area contributed by atoms with Gasteiger partial charge in [-0.2, -0.15) is 0 Å². The average molecular weight is 434 g/mol. The molecule has 0 atom stereocenters. The standard InChI is InChI=1S/C18H16ClN5O2S2/c19-14-3-1-2-13(10-14)16-11-24-18(22-16)27-17(23-24)21-9-8-12-4-6-15(7-5-12)28(20,25)26/h1-7,10-11H,8-9H2,(H,21,23)(H2,20,25,26).